The molecule has 0 saturated heterocycles. The highest BCUT2D eigenvalue weighted by Gasteiger charge is 2.27. The summed E-state index contributed by atoms with van der Waals surface area (Å²) in [6, 6.07) is -0.907. The molecule has 1 amide bonds. The normalized spacial score (nSPS) is 14.3. The number of allylic oxidation sites excluding steroid dienone is 17. The van der Waals surface area contributed by atoms with Crippen molar-refractivity contribution in [2.75, 3.05) is 40.9 Å². The lowest BCUT2D eigenvalue weighted by atomic mass is 10.0. The fourth-order valence-corrected chi connectivity index (χ4v) is 9.81. The predicted molar refractivity (Wildman–Crippen MR) is 348 cm³/mol. The summed E-state index contributed by atoms with van der Waals surface area (Å²) in [6.45, 7) is 6.68. The lowest BCUT2D eigenvalue weighted by Gasteiger charge is -2.30. The van der Waals surface area contributed by atoms with E-state index in [0.717, 1.165) is 116 Å². The van der Waals surface area contributed by atoms with Gasteiger partial charge in [0.25, 0.3) is 7.82 Å². The zero-order chi connectivity index (χ0) is 59.3. The second-order valence-corrected chi connectivity index (χ2v) is 24.6. The lowest BCUT2D eigenvalue weighted by molar-refractivity contribution is -0.870. The molecule has 0 aromatic heterocycles. The van der Waals surface area contributed by atoms with E-state index in [1.807, 2.05) is 33.3 Å². The summed E-state index contributed by atoms with van der Waals surface area (Å²) in [5.41, 5.74) is 0. The average molecular weight is 1150 g/mol. The molecule has 0 saturated carbocycles. The molecule has 0 fully saturated rings. The van der Waals surface area contributed by atoms with Gasteiger partial charge in [0.15, 0.2) is 0 Å². The number of hydrogen-bond donors (Lipinski definition) is 1. The van der Waals surface area contributed by atoms with Crippen LogP contribution in [0.15, 0.2) is 109 Å². The first-order chi connectivity index (χ1) is 39.4. The highest BCUT2D eigenvalue weighted by molar-refractivity contribution is 7.45. The quantitative estimate of drug-likeness (QED) is 0.0212. The maximum Gasteiger partial charge on any atom is 0.306 e. The van der Waals surface area contributed by atoms with Gasteiger partial charge < -0.3 is 28.5 Å². The molecule has 0 rings (SSSR count). The van der Waals surface area contributed by atoms with Crippen molar-refractivity contribution in [2.24, 2.45) is 0 Å². The van der Waals surface area contributed by atoms with Crippen LogP contribution in [0.5, 0.6) is 0 Å². The number of nitrogens with zero attached hydrogens (tertiary/aromatic N) is 1. The standard InChI is InChI=1S/C71H125N2O7P/c1-7-10-13-16-19-22-25-27-29-31-33-35-36-38-40-42-44-46-49-52-55-58-61-64-71(75)80-69(62-59-56-53-50-47-24-21-18-15-12-9-3)68(67-79-81(76,77)78-66-65-73(4,5)6)72-70(74)63-60-57-54-51-48-45-43-41-39-37-34-32-30-28-26-23-20-17-14-11-8-2/h10,13,19-20,22-23,27-30,33,35,38,40,44,46,59,62,68-69H,7-9,11-12,14-18,21,24-26,31-32,34,36-37,39,41-43,45,47-58,60-61,63-67H2,1-6H3,(H-,72,74,76,77)/b13-10-,22-19-,23-20-,29-27-,30-28-,35-33-,40-38-,46-44-,62-59+. The van der Waals surface area contributed by atoms with E-state index in [0.29, 0.717) is 23.9 Å². The van der Waals surface area contributed by atoms with E-state index in [1.165, 1.54) is 122 Å². The van der Waals surface area contributed by atoms with E-state index in [-0.39, 0.29) is 24.9 Å². The fourth-order valence-electron chi connectivity index (χ4n) is 9.08. The van der Waals surface area contributed by atoms with Gasteiger partial charge in [-0.05, 0) is 115 Å². The third-order valence-electron chi connectivity index (χ3n) is 14.2. The first-order valence-corrected chi connectivity index (χ1v) is 34.7. The first-order valence-electron chi connectivity index (χ1n) is 33.2. The van der Waals surface area contributed by atoms with Crippen molar-refractivity contribution in [3.63, 3.8) is 0 Å². The Bertz CT molecular complexity index is 1750. The number of carbonyl (C=O) groups excluding carboxylic acids is 2. The molecule has 9 nitrogen and oxygen atoms in total. The Balaban J connectivity index is 5.19. The summed E-state index contributed by atoms with van der Waals surface area (Å²) in [6.07, 6.45) is 82.0. The van der Waals surface area contributed by atoms with Gasteiger partial charge in [0.05, 0.1) is 33.8 Å². The van der Waals surface area contributed by atoms with Gasteiger partial charge in [0, 0.05) is 12.8 Å². The van der Waals surface area contributed by atoms with Gasteiger partial charge in [-0.3, -0.25) is 14.2 Å². The van der Waals surface area contributed by atoms with Gasteiger partial charge >= 0.3 is 5.97 Å². The summed E-state index contributed by atoms with van der Waals surface area (Å²) < 4.78 is 30.3. The number of phosphoric ester groups is 1. The molecule has 3 atom stereocenters. The number of carbonyl (C=O) groups is 2. The van der Waals surface area contributed by atoms with Crippen LogP contribution >= 0.6 is 7.82 Å². The summed E-state index contributed by atoms with van der Waals surface area (Å²) >= 11 is 0. The van der Waals surface area contributed by atoms with Gasteiger partial charge in [-0.1, -0.05) is 259 Å². The smallest absolute Gasteiger partial charge is 0.306 e. The van der Waals surface area contributed by atoms with Gasteiger partial charge in [0.2, 0.25) is 5.91 Å². The molecule has 0 aromatic carbocycles. The summed E-state index contributed by atoms with van der Waals surface area (Å²) in [5, 5.41) is 3.03. The third-order valence-corrected chi connectivity index (χ3v) is 15.2. The van der Waals surface area contributed by atoms with Gasteiger partial charge in [-0.15, -0.1) is 0 Å². The molecular formula is C71H125N2O7P. The largest absolute Gasteiger partial charge is 0.756 e. The number of ether oxygens (including phenoxy) is 1. The van der Waals surface area contributed by atoms with Gasteiger partial charge in [0.1, 0.15) is 19.3 Å². The third kappa shape index (κ3) is 61.1. The van der Waals surface area contributed by atoms with Gasteiger partial charge in [-0.25, -0.2) is 0 Å². The maximum atomic E-state index is 13.6. The van der Waals surface area contributed by atoms with E-state index in [4.69, 9.17) is 13.8 Å². The highest BCUT2D eigenvalue weighted by Crippen LogP contribution is 2.38. The molecular weight excluding hydrogens is 1020 g/mol. The number of amides is 1. The van der Waals surface area contributed by atoms with E-state index in [9.17, 15) is 19.0 Å². The first kappa shape index (κ1) is 77.7. The zero-order valence-corrected chi connectivity index (χ0v) is 54.1. The molecule has 0 aliphatic rings. The maximum absolute atomic E-state index is 13.6. The molecule has 0 spiro atoms. The molecule has 0 heterocycles. The summed E-state index contributed by atoms with van der Waals surface area (Å²) in [4.78, 5) is 40.1. The molecule has 0 aliphatic heterocycles. The van der Waals surface area contributed by atoms with Crippen molar-refractivity contribution in [2.45, 2.75) is 290 Å². The van der Waals surface area contributed by atoms with E-state index in [1.54, 1.807) is 0 Å². The summed E-state index contributed by atoms with van der Waals surface area (Å²) in [7, 11) is 1.16. The molecule has 81 heavy (non-hydrogen) atoms. The Morgan fingerprint density at radius 2 is 0.790 bits per heavy atom. The van der Waals surface area contributed by atoms with Crippen molar-refractivity contribution in [3.8, 4) is 0 Å². The van der Waals surface area contributed by atoms with Crippen molar-refractivity contribution < 1.29 is 37.3 Å². The Hall–Kier alpha value is -3.33. The number of likely N-dealkylation sites (N-methyl/N-ethyl adjacent to an activating group) is 1. The van der Waals surface area contributed by atoms with Crippen molar-refractivity contribution in [1.82, 2.24) is 5.32 Å². The minimum Gasteiger partial charge on any atom is -0.756 e. The zero-order valence-electron chi connectivity index (χ0n) is 53.2. The number of esters is 1. The average Bonchev–Trinajstić information content (AvgIpc) is 3.44. The Kier molecular flexibility index (Phi) is 57.4. The molecule has 3 unspecified atom stereocenters. The second-order valence-electron chi connectivity index (χ2n) is 23.2. The number of rotatable bonds is 59. The fraction of sp³-hybridized carbons (Fsp3) is 0.718. The second kappa shape index (κ2) is 59.8. The lowest BCUT2D eigenvalue weighted by Crippen LogP contribution is -2.47. The molecule has 0 radical (unpaired) electrons. The molecule has 0 aromatic rings. The number of nitrogens with one attached hydrogen (secondary N) is 1. The van der Waals surface area contributed by atoms with Crippen molar-refractivity contribution >= 4 is 19.7 Å². The van der Waals surface area contributed by atoms with Crippen molar-refractivity contribution in [3.05, 3.63) is 109 Å². The van der Waals surface area contributed by atoms with Crippen LogP contribution in [-0.4, -0.2) is 69.4 Å². The summed E-state index contributed by atoms with van der Waals surface area (Å²) in [5.74, 6) is -0.575. The number of phosphoric acid groups is 1. The van der Waals surface area contributed by atoms with Crippen LogP contribution < -0.4 is 10.2 Å². The Morgan fingerprint density at radius 1 is 0.444 bits per heavy atom. The minimum atomic E-state index is -4.71. The van der Waals surface area contributed by atoms with Gasteiger partial charge in [-0.2, -0.15) is 0 Å². The van der Waals surface area contributed by atoms with E-state index < -0.39 is 26.6 Å². The monoisotopic (exact) mass is 1150 g/mol. The molecule has 466 valence electrons. The van der Waals surface area contributed by atoms with Crippen LogP contribution in [-0.2, 0) is 27.9 Å². The Labute approximate surface area is 500 Å². The van der Waals surface area contributed by atoms with E-state index in [2.05, 4.69) is 123 Å². The number of quaternary nitrogens is 1. The molecule has 0 bridgehead atoms. The van der Waals surface area contributed by atoms with Crippen molar-refractivity contribution in [1.29, 1.82) is 0 Å². The molecule has 10 heteroatoms. The van der Waals surface area contributed by atoms with E-state index >= 15 is 0 Å². The van der Waals surface area contributed by atoms with Crippen LogP contribution in [0.3, 0.4) is 0 Å². The number of unbranched alkanes of at least 4 members (excludes halogenated alkanes) is 27. The topological polar surface area (TPSA) is 114 Å². The van der Waals surface area contributed by atoms with Crippen LogP contribution in [0.25, 0.3) is 0 Å². The van der Waals surface area contributed by atoms with Crippen LogP contribution in [0, 0.1) is 0 Å². The van der Waals surface area contributed by atoms with Crippen LogP contribution in [0.1, 0.15) is 278 Å². The molecule has 1 N–H and O–H groups in total. The predicted octanol–water partition coefficient (Wildman–Crippen LogP) is 20.3. The Morgan fingerprint density at radius 3 is 1.21 bits per heavy atom. The minimum absolute atomic E-state index is 0.0321. The highest BCUT2D eigenvalue weighted by atomic mass is 31.2. The number of hydrogen-bond acceptors (Lipinski definition) is 7. The SMILES string of the molecule is CC/C=C\C/C=C\C/C=C\C/C=C\C/C=C\C/C=C\CCCCCCC(=O)OC(/C=C/CCCCCCCCCCC)C(COP(=O)([O-])OCC[N+](C)(C)C)NC(=O)CCCCCCCCCCCCC/C=C\C/C=C\CCCCC. The molecule has 0 aliphatic carbocycles. The van der Waals surface area contributed by atoms with Crippen LogP contribution in [0.2, 0.25) is 0 Å². The van der Waals surface area contributed by atoms with Crippen LogP contribution in [0.4, 0.5) is 0 Å².